The molecule has 130 valence electrons. The van der Waals surface area contributed by atoms with Crippen molar-refractivity contribution >= 4 is 40.8 Å². The number of aliphatic imine (C=N–C) groups is 1. The molecule has 2 rings (SSSR count). The Hall–Kier alpha value is -1.43. The lowest BCUT2D eigenvalue weighted by Gasteiger charge is -2.11. The lowest BCUT2D eigenvalue weighted by atomic mass is 10.2. The van der Waals surface area contributed by atoms with Crippen molar-refractivity contribution in [2.24, 2.45) is 12.0 Å². The molecular formula is C16H20Cl3N5. The van der Waals surface area contributed by atoms with Gasteiger partial charge in [0.1, 0.15) is 10.3 Å². The van der Waals surface area contributed by atoms with E-state index in [0.717, 1.165) is 36.7 Å². The average Bonchev–Trinajstić information content (AvgIpc) is 2.81. The molecule has 0 saturated heterocycles. The van der Waals surface area contributed by atoms with Crippen LogP contribution in [0, 0.1) is 0 Å². The predicted molar refractivity (Wildman–Crippen MR) is 101 cm³/mol. The minimum absolute atomic E-state index is 0.487. The van der Waals surface area contributed by atoms with Gasteiger partial charge >= 0.3 is 0 Å². The molecule has 2 heterocycles. The molecule has 0 fully saturated rings. The van der Waals surface area contributed by atoms with Gasteiger partial charge in [-0.05, 0) is 31.0 Å². The molecule has 0 saturated carbocycles. The highest BCUT2D eigenvalue weighted by Crippen LogP contribution is 2.25. The highest BCUT2D eigenvalue weighted by Gasteiger charge is 2.08. The number of hydrogen-bond donors (Lipinski definition) is 2. The second-order valence-corrected chi connectivity index (χ2v) is 6.35. The third kappa shape index (κ3) is 5.30. The Morgan fingerprint density at radius 3 is 2.62 bits per heavy atom. The van der Waals surface area contributed by atoms with Crippen molar-refractivity contribution in [1.82, 2.24) is 20.2 Å². The van der Waals surface area contributed by atoms with Crippen LogP contribution in [0.3, 0.4) is 0 Å². The fourth-order valence-electron chi connectivity index (χ4n) is 2.12. The zero-order valence-electron chi connectivity index (χ0n) is 13.6. The molecule has 2 aromatic heterocycles. The Kier molecular flexibility index (Phi) is 7.21. The largest absolute Gasteiger partial charge is 0.357 e. The third-order valence-electron chi connectivity index (χ3n) is 3.45. The molecular weight excluding hydrogens is 369 g/mol. The van der Waals surface area contributed by atoms with Crippen LogP contribution in [0.25, 0.3) is 0 Å². The van der Waals surface area contributed by atoms with E-state index in [1.807, 2.05) is 30.7 Å². The first kappa shape index (κ1) is 18.9. The van der Waals surface area contributed by atoms with Crippen LogP contribution in [-0.4, -0.2) is 28.6 Å². The molecule has 0 aliphatic rings. The van der Waals surface area contributed by atoms with Crippen molar-refractivity contribution < 1.29 is 0 Å². The zero-order chi connectivity index (χ0) is 17.5. The predicted octanol–water partition coefficient (Wildman–Crippen LogP) is 3.68. The van der Waals surface area contributed by atoms with Gasteiger partial charge in [-0.1, -0.05) is 40.9 Å². The summed E-state index contributed by atoms with van der Waals surface area (Å²) in [5.74, 6) is 0.743. The van der Waals surface area contributed by atoms with E-state index in [9.17, 15) is 0 Å². The fourth-order valence-corrected chi connectivity index (χ4v) is 2.65. The van der Waals surface area contributed by atoms with Crippen LogP contribution in [0.4, 0.5) is 0 Å². The molecule has 0 aliphatic heterocycles. The maximum Gasteiger partial charge on any atom is 0.191 e. The van der Waals surface area contributed by atoms with E-state index in [0.29, 0.717) is 21.9 Å². The quantitative estimate of drug-likeness (QED) is 0.451. The molecule has 2 aromatic rings. The topological polar surface area (TPSA) is 54.2 Å². The van der Waals surface area contributed by atoms with E-state index < -0.39 is 0 Å². The number of hydrogen-bond acceptors (Lipinski definition) is 2. The van der Waals surface area contributed by atoms with Crippen molar-refractivity contribution in [3.05, 3.63) is 51.0 Å². The molecule has 0 bridgehead atoms. The summed E-state index contributed by atoms with van der Waals surface area (Å²) in [5, 5.41) is 8.08. The van der Waals surface area contributed by atoms with Crippen molar-refractivity contribution in [3.8, 4) is 0 Å². The molecule has 0 atom stereocenters. The van der Waals surface area contributed by atoms with Gasteiger partial charge in [-0.3, -0.25) is 0 Å². The lowest BCUT2D eigenvalue weighted by Crippen LogP contribution is -2.38. The maximum atomic E-state index is 6.07. The van der Waals surface area contributed by atoms with Crippen molar-refractivity contribution in [1.29, 1.82) is 0 Å². The summed E-state index contributed by atoms with van der Waals surface area (Å²) in [5.41, 5.74) is 2.06. The molecule has 8 heteroatoms. The van der Waals surface area contributed by atoms with E-state index in [-0.39, 0.29) is 0 Å². The normalized spacial score (nSPS) is 11.6. The van der Waals surface area contributed by atoms with E-state index in [1.165, 1.54) is 0 Å². The minimum atomic E-state index is 0.487. The van der Waals surface area contributed by atoms with Crippen LogP contribution in [0.1, 0.15) is 18.2 Å². The molecule has 2 N–H and O–H groups in total. The monoisotopic (exact) mass is 387 g/mol. The van der Waals surface area contributed by atoms with Gasteiger partial charge in [-0.2, -0.15) is 0 Å². The summed E-state index contributed by atoms with van der Waals surface area (Å²) in [7, 11) is 1.87. The van der Waals surface area contributed by atoms with Gasteiger partial charge in [-0.25, -0.2) is 9.98 Å². The highest BCUT2D eigenvalue weighted by molar-refractivity contribution is 6.41. The van der Waals surface area contributed by atoms with E-state index in [1.54, 1.807) is 12.3 Å². The summed E-state index contributed by atoms with van der Waals surface area (Å²) in [6, 6.07) is 5.59. The van der Waals surface area contributed by atoms with Crippen LogP contribution in [-0.2, 0) is 20.0 Å². The lowest BCUT2D eigenvalue weighted by molar-refractivity contribution is 0.779. The molecule has 0 aromatic carbocycles. The van der Waals surface area contributed by atoms with Gasteiger partial charge in [0.25, 0.3) is 0 Å². The van der Waals surface area contributed by atoms with Gasteiger partial charge in [0, 0.05) is 32.0 Å². The minimum Gasteiger partial charge on any atom is -0.357 e. The smallest absolute Gasteiger partial charge is 0.191 e. The average molecular weight is 389 g/mol. The number of pyridine rings is 1. The third-order valence-corrected chi connectivity index (χ3v) is 4.52. The van der Waals surface area contributed by atoms with Crippen molar-refractivity contribution in [2.75, 3.05) is 13.1 Å². The Bertz CT molecular complexity index is 694. The highest BCUT2D eigenvalue weighted by atomic mass is 35.5. The molecule has 5 nitrogen and oxygen atoms in total. The van der Waals surface area contributed by atoms with Gasteiger partial charge < -0.3 is 15.2 Å². The molecule has 0 aliphatic carbocycles. The summed E-state index contributed by atoms with van der Waals surface area (Å²) in [6.45, 7) is 4.03. The van der Waals surface area contributed by atoms with Gasteiger partial charge in [-0.15, -0.1) is 0 Å². The first-order chi connectivity index (χ1) is 11.5. The van der Waals surface area contributed by atoms with Gasteiger partial charge in [0.05, 0.1) is 11.6 Å². The number of guanidine groups is 1. The Morgan fingerprint density at radius 1 is 1.25 bits per heavy atom. The molecule has 0 spiro atoms. The first-order valence-electron chi connectivity index (χ1n) is 7.63. The zero-order valence-corrected chi connectivity index (χ0v) is 15.9. The van der Waals surface area contributed by atoms with Crippen LogP contribution in [0.15, 0.2) is 29.4 Å². The van der Waals surface area contributed by atoms with Crippen molar-refractivity contribution in [2.45, 2.75) is 19.9 Å². The summed E-state index contributed by atoms with van der Waals surface area (Å²) >= 11 is 17.9. The van der Waals surface area contributed by atoms with E-state index in [2.05, 4.69) is 20.6 Å². The number of rotatable bonds is 6. The maximum absolute atomic E-state index is 6.07. The second-order valence-electron chi connectivity index (χ2n) is 5.19. The number of halogens is 3. The number of aromatic nitrogens is 2. The van der Waals surface area contributed by atoms with E-state index >= 15 is 0 Å². The Balaban J connectivity index is 1.92. The second kappa shape index (κ2) is 9.16. The van der Waals surface area contributed by atoms with Gasteiger partial charge in [0.15, 0.2) is 5.96 Å². The summed E-state index contributed by atoms with van der Waals surface area (Å²) < 4.78 is 1.83. The number of nitrogens with one attached hydrogen (secondary N) is 2. The first-order valence-corrected chi connectivity index (χ1v) is 8.76. The van der Waals surface area contributed by atoms with E-state index in [4.69, 9.17) is 34.8 Å². The standard InChI is InChI=1S/C16H20Cl3N5/c1-3-20-16(21-7-6-11-4-5-14(18)22-9-11)23-10-12-8-13(17)15(19)24(12)2/h4-5,8-9H,3,6-7,10H2,1-2H3,(H2,20,21,23). The summed E-state index contributed by atoms with van der Waals surface area (Å²) in [4.78, 5) is 8.64. The van der Waals surface area contributed by atoms with Crippen LogP contribution >= 0.6 is 34.8 Å². The van der Waals surface area contributed by atoms with Gasteiger partial charge in [0.2, 0.25) is 0 Å². The molecule has 24 heavy (non-hydrogen) atoms. The Morgan fingerprint density at radius 2 is 2.04 bits per heavy atom. The van der Waals surface area contributed by atoms with Crippen LogP contribution in [0.5, 0.6) is 0 Å². The number of nitrogens with zero attached hydrogens (tertiary/aromatic N) is 3. The SMILES string of the molecule is CCNC(=NCc1cc(Cl)c(Cl)n1C)NCCc1ccc(Cl)nc1. The molecule has 0 amide bonds. The van der Waals surface area contributed by atoms with Crippen molar-refractivity contribution in [3.63, 3.8) is 0 Å². The molecule has 0 radical (unpaired) electrons. The van der Waals surface area contributed by atoms with Crippen LogP contribution < -0.4 is 10.6 Å². The molecule has 0 unspecified atom stereocenters. The van der Waals surface area contributed by atoms with Crippen LogP contribution in [0.2, 0.25) is 15.3 Å². The fraction of sp³-hybridized carbons (Fsp3) is 0.375. The Labute approximate surface area is 157 Å². The summed E-state index contributed by atoms with van der Waals surface area (Å²) in [6.07, 6.45) is 2.61.